The fourth-order valence-corrected chi connectivity index (χ4v) is 6.11. The van der Waals surface area contributed by atoms with Crippen LogP contribution in [0.15, 0.2) is 89.8 Å². The quantitative estimate of drug-likeness (QED) is 0.392. The van der Waals surface area contributed by atoms with Gasteiger partial charge in [0.2, 0.25) is 10.0 Å². The minimum atomic E-state index is -3.75. The fraction of sp³-hybridized carbons (Fsp3) is 0.214. The van der Waals surface area contributed by atoms with E-state index in [1.807, 2.05) is 60.7 Å². The van der Waals surface area contributed by atoms with Crippen LogP contribution in [0.3, 0.4) is 0 Å². The highest BCUT2D eigenvalue weighted by Gasteiger charge is 2.32. The van der Waals surface area contributed by atoms with E-state index in [-0.39, 0.29) is 37.0 Å². The highest BCUT2D eigenvalue weighted by Crippen LogP contribution is 2.33. The van der Waals surface area contributed by atoms with Crippen molar-refractivity contribution in [3.63, 3.8) is 0 Å². The van der Waals surface area contributed by atoms with Crippen LogP contribution >= 0.6 is 0 Å². The number of carbonyl (C=O) groups excluding carboxylic acids is 1. The number of carbonyl (C=O) groups is 1. The van der Waals surface area contributed by atoms with Crippen molar-refractivity contribution in [2.75, 3.05) is 39.4 Å². The van der Waals surface area contributed by atoms with Crippen LogP contribution in [0.5, 0.6) is 11.5 Å². The Bertz CT molecular complexity index is 1560. The second-order valence-corrected chi connectivity index (χ2v) is 11.0. The maximum absolute atomic E-state index is 13.7. The molecule has 0 aliphatic carbocycles. The van der Waals surface area contributed by atoms with Gasteiger partial charge in [0.15, 0.2) is 11.5 Å². The number of benzene rings is 3. The number of para-hydroxylation sites is 1. The molecule has 3 aromatic carbocycles. The zero-order chi connectivity index (χ0) is 26.1. The topological polar surface area (TPSA) is 94.0 Å². The molecule has 9 nitrogen and oxygen atoms in total. The molecule has 2 aliphatic heterocycles. The van der Waals surface area contributed by atoms with E-state index < -0.39 is 10.0 Å². The van der Waals surface area contributed by atoms with Gasteiger partial charge in [-0.15, -0.1) is 0 Å². The van der Waals surface area contributed by atoms with E-state index in [9.17, 15) is 13.2 Å². The van der Waals surface area contributed by atoms with Gasteiger partial charge in [0.05, 0.1) is 16.3 Å². The maximum atomic E-state index is 13.7. The lowest BCUT2D eigenvalue weighted by molar-refractivity contribution is 0.0688. The maximum Gasteiger partial charge on any atom is 0.272 e. The van der Waals surface area contributed by atoms with E-state index in [0.717, 1.165) is 11.3 Å². The molecule has 0 radical (unpaired) electrons. The molecule has 0 saturated carbocycles. The standard InChI is InChI=1S/C28H26N4O5S/c33-28(25-20-24(21-7-3-1-4-8-21)29-32(25)22-9-5-2-6-10-22)30-13-15-31(16-14-30)38(34,35)23-11-12-26-27(19-23)37-18-17-36-26/h1-12,19-20H,13-18H2. The molecule has 0 unspecified atom stereocenters. The Kier molecular flexibility index (Phi) is 6.34. The normalized spacial score (nSPS) is 15.8. The summed E-state index contributed by atoms with van der Waals surface area (Å²) in [4.78, 5) is 15.5. The van der Waals surface area contributed by atoms with Crippen LogP contribution in [0.4, 0.5) is 0 Å². The van der Waals surface area contributed by atoms with Gasteiger partial charge in [-0.25, -0.2) is 13.1 Å². The molecule has 4 aromatic rings. The highest BCUT2D eigenvalue weighted by molar-refractivity contribution is 7.89. The monoisotopic (exact) mass is 530 g/mol. The fourth-order valence-electron chi connectivity index (χ4n) is 4.68. The zero-order valence-electron chi connectivity index (χ0n) is 20.6. The van der Waals surface area contributed by atoms with Gasteiger partial charge in [0.1, 0.15) is 18.9 Å². The van der Waals surface area contributed by atoms with Crippen molar-refractivity contribution in [2.24, 2.45) is 0 Å². The Morgan fingerprint density at radius 2 is 1.42 bits per heavy atom. The summed E-state index contributed by atoms with van der Waals surface area (Å²) in [6.45, 7) is 1.72. The first kappa shape index (κ1) is 24.2. The molecule has 0 spiro atoms. The summed E-state index contributed by atoms with van der Waals surface area (Å²) in [7, 11) is -3.75. The lowest BCUT2D eigenvalue weighted by Crippen LogP contribution is -2.50. The number of hydrogen-bond acceptors (Lipinski definition) is 6. The van der Waals surface area contributed by atoms with Gasteiger partial charge in [-0.05, 0) is 30.3 Å². The first-order valence-corrected chi connectivity index (χ1v) is 13.8. The first-order chi connectivity index (χ1) is 18.5. The molecule has 2 aliphatic rings. The summed E-state index contributed by atoms with van der Waals surface area (Å²) in [5.74, 6) is 0.768. The van der Waals surface area contributed by atoms with Crippen molar-refractivity contribution in [1.82, 2.24) is 19.0 Å². The summed E-state index contributed by atoms with van der Waals surface area (Å²) in [5, 5.41) is 4.74. The largest absolute Gasteiger partial charge is 0.486 e. The highest BCUT2D eigenvalue weighted by atomic mass is 32.2. The second kappa shape index (κ2) is 9.96. The van der Waals surface area contributed by atoms with Crippen LogP contribution in [0.1, 0.15) is 10.5 Å². The summed E-state index contributed by atoms with van der Waals surface area (Å²) in [5.41, 5.74) is 2.81. The third-order valence-corrected chi connectivity index (χ3v) is 8.57. The minimum absolute atomic E-state index is 0.149. The third kappa shape index (κ3) is 4.52. The molecule has 0 bridgehead atoms. The number of fused-ring (bicyclic) bond motifs is 1. The molecular weight excluding hydrogens is 504 g/mol. The zero-order valence-corrected chi connectivity index (χ0v) is 21.4. The van der Waals surface area contributed by atoms with Crippen LogP contribution < -0.4 is 9.47 Å². The number of piperazine rings is 1. The second-order valence-electron chi connectivity index (χ2n) is 9.03. The third-order valence-electron chi connectivity index (χ3n) is 6.68. The van der Waals surface area contributed by atoms with E-state index in [4.69, 9.17) is 14.6 Å². The van der Waals surface area contributed by atoms with E-state index in [1.54, 1.807) is 21.7 Å². The number of nitrogens with zero attached hydrogens (tertiary/aromatic N) is 4. The summed E-state index contributed by atoms with van der Waals surface area (Å²) in [6.07, 6.45) is 0. The Morgan fingerprint density at radius 1 is 0.763 bits per heavy atom. The van der Waals surface area contributed by atoms with E-state index >= 15 is 0 Å². The molecule has 0 N–H and O–H groups in total. The van der Waals surface area contributed by atoms with Gasteiger partial charge in [0.25, 0.3) is 5.91 Å². The van der Waals surface area contributed by atoms with Crippen LogP contribution in [-0.4, -0.2) is 72.7 Å². The number of ether oxygens (including phenoxy) is 2. The number of rotatable bonds is 5. The van der Waals surface area contributed by atoms with Crippen LogP contribution in [0.25, 0.3) is 16.9 Å². The molecule has 10 heteroatoms. The lowest BCUT2D eigenvalue weighted by Gasteiger charge is -2.34. The van der Waals surface area contributed by atoms with Gasteiger partial charge >= 0.3 is 0 Å². The molecule has 38 heavy (non-hydrogen) atoms. The number of aromatic nitrogens is 2. The summed E-state index contributed by atoms with van der Waals surface area (Å²) < 4.78 is 40.8. The van der Waals surface area contributed by atoms with Crippen LogP contribution in [0.2, 0.25) is 0 Å². The van der Waals surface area contributed by atoms with E-state index in [2.05, 4.69) is 0 Å². The van der Waals surface area contributed by atoms with Crippen molar-refractivity contribution in [3.05, 3.63) is 90.6 Å². The molecule has 1 amide bonds. The first-order valence-electron chi connectivity index (χ1n) is 12.4. The molecular formula is C28H26N4O5S. The minimum Gasteiger partial charge on any atom is -0.486 e. The number of sulfonamides is 1. The summed E-state index contributed by atoms with van der Waals surface area (Å²) >= 11 is 0. The molecule has 194 valence electrons. The number of hydrogen-bond donors (Lipinski definition) is 0. The molecule has 1 saturated heterocycles. The van der Waals surface area contributed by atoms with Crippen molar-refractivity contribution in [3.8, 4) is 28.4 Å². The number of amides is 1. The predicted molar refractivity (Wildman–Crippen MR) is 141 cm³/mol. The average Bonchev–Trinajstić information content (AvgIpc) is 3.43. The summed E-state index contributed by atoms with van der Waals surface area (Å²) in [6, 6.07) is 25.7. The Hall–Kier alpha value is -4.15. The van der Waals surface area contributed by atoms with Gasteiger partial charge in [-0.2, -0.15) is 9.40 Å². The molecule has 0 atom stereocenters. The average molecular weight is 531 g/mol. The molecule has 1 aromatic heterocycles. The van der Waals surface area contributed by atoms with Crippen molar-refractivity contribution in [1.29, 1.82) is 0 Å². The Balaban J connectivity index is 1.23. The van der Waals surface area contributed by atoms with Gasteiger partial charge in [0, 0.05) is 37.8 Å². The van der Waals surface area contributed by atoms with Crippen LogP contribution in [0, 0.1) is 0 Å². The smallest absolute Gasteiger partial charge is 0.272 e. The van der Waals surface area contributed by atoms with Crippen molar-refractivity contribution >= 4 is 15.9 Å². The SMILES string of the molecule is O=C(c1cc(-c2ccccc2)nn1-c1ccccc1)N1CCN(S(=O)(=O)c2ccc3c(c2)OCCO3)CC1. The van der Waals surface area contributed by atoms with Crippen LogP contribution in [-0.2, 0) is 10.0 Å². The van der Waals surface area contributed by atoms with Crippen molar-refractivity contribution in [2.45, 2.75) is 4.90 Å². The lowest BCUT2D eigenvalue weighted by atomic mass is 10.1. The van der Waals surface area contributed by atoms with E-state index in [1.165, 1.54) is 16.4 Å². The van der Waals surface area contributed by atoms with E-state index in [0.29, 0.717) is 36.1 Å². The molecule has 3 heterocycles. The van der Waals surface area contributed by atoms with Crippen molar-refractivity contribution < 1.29 is 22.7 Å². The Labute approximate surface area is 220 Å². The Morgan fingerprint density at radius 3 is 2.13 bits per heavy atom. The van der Waals surface area contributed by atoms with Gasteiger partial charge < -0.3 is 14.4 Å². The predicted octanol–water partition coefficient (Wildman–Crippen LogP) is 3.46. The van der Waals surface area contributed by atoms with Gasteiger partial charge in [-0.1, -0.05) is 48.5 Å². The van der Waals surface area contributed by atoms with Gasteiger partial charge in [-0.3, -0.25) is 4.79 Å². The molecule has 1 fully saturated rings. The molecule has 6 rings (SSSR count).